The maximum absolute atomic E-state index is 14.2. The summed E-state index contributed by atoms with van der Waals surface area (Å²) in [7, 11) is 1.51. The van der Waals surface area contributed by atoms with Crippen LogP contribution < -0.4 is 15.2 Å². The van der Waals surface area contributed by atoms with Crippen molar-refractivity contribution in [2.24, 2.45) is 5.73 Å². The van der Waals surface area contributed by atoms with Crippen molar-refractivity contribution in [1.82, 2.24) is 0 Å². The number of nitrogens with two attached hydrogens (primary N) is 1. The summed E-state index contributed by atoms with van der Waals surface area (Å²) in [4.78, 5) is 0. The van der Waals surface area contributed by atoms with Gasteiger partial charge in [0.25, 0.3) is 0 Å². The van der Waals surface area contributed by atoms with Crippen molar-refractivity contribution in [2.45, 2.75) is 19.8 Å². The summed E-state index contributed by atoms with van der Waals surface area (Å²) in [5.41, 5.74) is 5.93. The Hall–Kier alpha value is -0.810. The number of methoxy groups -OCH3 is 1. The van der Waals surface area contributed by atoms with E-state index in [1.165, 1.54) is 7.11 Å². The first-order chi connectivity index (χ1) is 8.15. The number of rotatable bonds is 6. The van der Waals surface area contributed by atoms with Gasteiger partial charge in [0.05, 0.1) is 18.2 Å². The molecule has 0 unspecified atom stereocenters. The SMILES string of the molecule is CCCOc1c(Br)cc(OC)c(CCN)c1F. The lowest BCUT2D eigenvalue weighted by Gasteiger charge is -2.15. The van der Waals surface area contributed by atoms with Gasteiger partial charge < -0.3 is 15.2 Å². The Morgan fingerprint density at radius 3 is 2.71 bits per heavy atom. The molecule has 1 aromatic rings. The Labute approximate surface area is 109 Å². The van der Waals surface area contributed by atoms with E-state index in [0.29, 0.717) is 35.4 Å². The van der Waals surface area contributed by atoms with Gasteiger partial charge in [-0.3, -0.25) is 0 Å². The van der Waals surface area contributed by atoms with Crippen LogP contribution in [0.1, 0.15) is 18.9 Å². The van der Waals surface area contributed by atoms with Gasteiger partial charge >= 0.3 is 0 Å². The van der Waals surface area contributed by atoms with Gasteiger partial charge in [0.2, 0.25) is 0 Å². The molecule has 96 valence electrons. The largest absolute Gasteiger partial charge is 0.496 e. The van der Waals surface area contributed by atoms with Crippen LogP contribution in [-0.4, -0.2) is 20.3 Å². The van der Waals surface area contributed by atoms with Crippen LogP contribution >= 0.6 is 15.9 Å². The fourth-order valence-electron chi connectivity index (χ4n) is 1.51. The third-order valence-corrected chi connectivity index (χ3v) is 2.89. The highest BCUT2D eigenvalue weighted by Gasteiger charge is 2.18. The molecule has 0 aliphatic heterocycles. The maximum Gasteiger partial charge on any atom is 0.173 e. The lowest BCUT2D eigenvalue weighted by atomic mass is 10.1. The van der Waals surface area contributed by atoms with Gasteiger partial charge in [-0.25, -0.2) is 4.39 Å². The molecule has 0 amide bonds. The molecule has 1 aromatic carbocycles. The van der Waals surface area contributed by atoms with E-state index in [9.17, 15) is 4.39 Å². The highest BCUT2D eigenvalue weighted by molar-refractivity contribution is 9.10. The van der Waals surface area contributed by atoms with Crippen molar-refractivity contribution < 1.29 is 13.9 Å². The minimum atomic E-state index is -0.393. The standard InChI is InChI=1S/C12H17BrFNO2/c1-3-6-17-12-9(13)7-10(16-2)8(4-5-15)11(12)14/h7H,3-6,15H2,1-2H3. The molecule has 0 atom stereocenters. The van der Waals surface area contributed by atoms with Gasteiger partial charge in [0, 0.05) is 5.56 Å². The Morgan fingerprint density at radius 2 is 2.18 bits per heavy atom. The lowest BCUT2D eigenvalue weighted by molar-refractivity contribution is 0.296. The normalized spacial score (nSPS) is 10.4. The van der Waals surface area contributed by atoms with E-state index >= 15 is 0 Å². The topological polar surface area (TPSA) is 44.5 Å². The summed E-state index contributed by atoms with van der Waals surface area (Å²) >= 11 is 3.28. The number of hydrogen-bond acceptors (Lipinski definition) is 3. The number of ether oxygens (including phenoxy) is 2. The molecule has 17 heavy (non-hydrogen) atoms. The zero-order valence-corrected chi connectivity index (χ0v) is 11.6. The first-order valence-corrected chi connectivity index (χ1v) is 6.32. The van der Waals surface area contributed by atoms with E-state index in [2.05, 4.69) is 15.9 Å². The monoisotopic (exact) mass is 305 g/mol. The third kappa shape index (κ3) is 3.33. The van der Waals surface area contributed by atoms with Gasteiger partial charge in [-0.2, -0.15) is 0 Å². The molecule has 0 aliphatic rings. The van der Waals surface area contributed by atoms with E-state index in [-0.39, 0.29) is 5.75 Å². The number of halogens is 2. The molecule has 0 bridgehead atoms. The summed E-state index contributed by atoms with van der Waals surface area (Å²) in [6, 6.07) is 1.71. The molecule has 1 rings (SSSR count). The predicted molar refractivity (Wildman–Crippen MR) is 69.2 cm³/mol. The second-order valence-corrected chi connectivity index (χ2v) is 4.42. The fraction of sp³-hybridized carbons (Fsp3) is 0.500. The average Bonchev–Trinajstić information content (AvgIpc) is 2.32. The Balaban J connectivity index is 3.17. The van der Waals surface area contributed by atoms with Crippen molar-refractivity contribution in [3.05, 3.63) is 21.9 Å². The average molecular weight is 306 g/mol. The molecule has 2 N–H and O–H groups in total. The van der Waals surface area contributed by atoms with Gasteiger partial charge in [0.15, 0.2) is 11.6 Å². The third-order valence-electron chi connectivity index (χ3n) is 2.30. The predicted octanol–water partition coefficient (Wildman–Crippen LogP) is 2.89. The number of benzene rings is 1. The molecule has 0 spiro atoms. The van der Waals surface area contributed by atoms with Gasteiger partial charge in [-0.05, 0) is 41.4 Å². The van der Waals surface area contributed by atoms with E-state index in [0.717, 1.165) is 6.42 Å². The van der Waals surface area contributed by atoms with Crippen molar-refractivity contribution >= 4 is 15.9 Å². The quantitative estimate of drug-likeness (QED) is 0.879. The molecular weight excluding hydrogens is 289 g/mol. The van der Waals surface area contributed by atoms with Crippen LogP contribution in [0.2, 0.25) is 0 Å². The molecule has 0 heterocycles. The summed E-state index contributed by atoms with van der Waals surface area (Å²) < 4.78 is 25.3. The molecule has 3 nitrogen and oxygen atoms in total. The van der Waals surface area contributed by atoms with E-state index in [1.54, 1.807) is 6.07 Å². The summed E-state index contributed by atoms with van der Waals surface area (Å²) in [6.45, 7) is 2.81. The molecule has 0 aromatic heterocycles. The molecule has 0 aliphatic carbocycles. The molecule has 0 saturated heterocycles. The molecule has 0 fully saturated rings. The molecule has 5 heteroatoms. The highest BCUT2D eigenvalue weighted by atomic mass is 79.9. The van der Waals surface area contributed by atoms with Crippen LogP contribution in [0.4, 0.5) is 4.39 Å². The maximum atomic E-state index is 14.2. The second kappa shape index (κ2) is 6.81. The van der Waals surface area contributed by atoms with Crippen LogP contribution in [0.25, 0.3) is 0 Å². The number of hydrogen-bond donors (Lipinski definition) is 1. The van der Waals surface area contributed by atoms with Crippen molar-refractivity contribution in [2.75, 3.05) is 20.3 Å². The van der Waals surface area contributed by atoms with Crippen LogP contribution in [0.5, 0.6) is 11.5 Å². The highest BCUT2D eigenvalue weighted by Crippen LogP contribution is 2.36. The van der Waals surface area contributed by atoms with Crippen molar-refractivity contribution in [3.8, 4) is 11.5 Å². The first-order valence-electron chi connectivity index (χ1n) is 5.53. The first kappa shape index (κ1) is 14.3. The van der Waals surface area contributed by atoms with Gasteiger partial charge in [-0.1, -0.05) is 6.92 Å². The minimum Gasteiger partial charge on any atom is -0.496 e. The fourth-order valence-corrected chi connectivity index (χ4v) is 2.01. The smallest absolute Gasteiger partial charge is 0.173 e. The van der Waals surface area contributed by atoms with Crippen LogP contribution in [0.15, 0.2) is 10.5 Å². The van der Waals surface area contributed by atoms with Gasteiger partial charge in [0.1, 0.15) is 5.75 Å². The van der Waals surface area contributed by atoms with E-state index in [1.807, 2.05) is 6.92 Å². The second-order valence-electron chi connectivity index (χ2n) is 3.57. The van der Waals surface area contributed by atoms with Crippen LogP contribution in [-0.2, 0) is 6.42 Å². The summed E-state index contributed by atoms with van der Waals surface area (Å²) in [6.07, 6.45) is 1.24. The molecular formula is C12H17BrFNO2. The Bertz CT molecular complexity index is 385. The minimum absolute atomic E-state index is 0.233. The van der Waals surface area contributed by atoms with E-state index in [4.69, 9.17) is 15.2 Å². The molecule has 0 saturated carbocycles. The Morgan fingerprint density at radius 1 is 1.47 bits per heavy atom. The van der Waals surface area contributed by atoms with Crippen molar-refractivity contribution in [1.29, 1.82) is 0 Å². The van der Waals surface area contributed by atoms with Crippen LogP contribution in [0.3, 0.4) is 0 Å². The summed E-state index contributed by atoms with van der Waals surface area (Å²) in [5.74, 6) is 0.329. The Kier molecular flexibility index (Phi) is 5.71. The zero-order valence-electron chi connectivity index (χ0n) is 10.1. The van der Waals surface area contributed by atoms with Crippen molar-refractivity contribution in [3.63, 3.8) is 0 Å². The van der Waals surface area contributed by atoms with Gasteiger partial charge in [-0.15, -0.1) is 0 Å². The zero-order chi connectivity index (χ0) is 12.8. The van der Waals surface area contributed by atoms with Crippen LogP contribution in [0, 0.1) is 5.82 Å². The lowest BCUT2D eigenvalue weighted by Crippen LogP contribution is -2.08. The summed E-state index contributed by atoms with van der Waals surface area (Å²) in [5, 5.41) is 0. The molecule has 0 radical (unpaired) electrons. The van der Waals surface area contributed by atoms with E-state index < -0.39 is 5.82 Å².